The van der Waals surface area contributed by atoms with Crippen molar-refractivity contribution >= 4 is 17.4 Å². The minimum atomic E-state index is 0.302. The average Bonchev–Trinajstić information content (AvgIpc) is 2.41. The smallest absolute Gasteiger partial charge is 0.137 e. The van der Waals surface area contributed by atoms with Crippen molar-refractivity contribution in [3.05, 3.63) is 16.5 Å². The molecule has 0 aliphatic heterocycles. The summed E-state index contributed by atoms with van der Waals surface area (Å²) in [5.74, 6) is 2.15. The third kappa shape index (κ3) is 3.19. The quantitative estimate of drug-likeness (QED) is 0.772. The van der Waals surface area contributed by atoms with Gasteiger partial charge in [0.25, 0.3) is 0 Å². The maximum Gasteiger partial charge on any atom is 0.137 e. The molecule has 3 nitrogen and oxygen atoms in total. The number of aromatic nitrogens is 2. The van der Waals surface area contributed by atoms with E-state index in [0.717, 1.165) is 17.2 Å². The fourth-order valence-electron chi connectivity index (χ4n) is 2.74. The molecule has 1 aromatic heterocycles. The first-order valence-electron chi connectivity index (χ1n) is 7.27. The molecule has 4 heteroatoms. The first-order valence-corrected chi connectivity index (χ1v) is 7.65. The van der Waals surface area contributed by atoms with Crippen LogP contribution in [-0.4, -0.2) is 23.1 Å². The third-order valence-electron chi connectivity index (χ3n) is 4.05. The van der Waals surface area contributed by atoms with Crippen LogP contribution >= 0.6 is 11.6 Å². The van der Waals surface area contributed by atoms with Gasteiger partial charge >= 0.3 is 0 Å². The Morgan fingerprint density at radius 3 is 2.37 bits per heavy atom. The highest BCUT2D eigenvalue weighted by atomic mass is 35.5. The fourth-order valence-corrected chi connectivity index (χ4v) is 2.91. The molecule has 0 amide bonds. The zero-order valence-electron chi connectivity index (χ0n) is 12.4. The number of nitrogens with zero attached hydrogens (tertiary/aromatic N) is 3. The van der Waals surface area contributed by atoms with Gasteiger partial charge in [0.1, 0.15) is 16.8 Å². The van der Waals surface area contributed by atoms with Gasteiger partial charge in [0.2, 0.25) is 0 Å². The van der Waals surface area contributed by atoms with E-state index in [1.807, 2.05) is 6.92 Å². The van der Waals surface area contributed by atoms with Crippen molar-refractivity contribution in [2.45, 2.75) is 64.8 Å². The lowest BCUT2D eigenvalue weighted by molar-refractivity contribution is 0.425. The Kier molecular flexibility index (Phi) is 4.67. The number of hydrogen-bond acceptors (Lipinski definition) is 3. The fraction of sp³-hybridized carbons (Fsp3) is 0.733. The molecule has 0 saturated heterocycles. The lowest BCUT2D eigenvalue weighted by atomic mass is 9.94. The molecule has 1 heterocycles. The molecule has 1 saturated carbocycles. The molecule has 1 aliphatic carbocycles. The largest absolute Gasteiger partial charge is 0.356 e. The SMILES string of the molecule is Cc1c(Cl)nc(C(C)C)nc1N(C)C1CCCCC1. The molecule has 0 atom stereocenters. The molecular weight excluding hydrogens is 258 g/mol. The van der Waals surface area contributed by atoms with Crippen molar-refractivity contribution in [1.82, 2.24) is 9.97 Å². The summed E-state index contributed by atoms with van der Waals surface area (Å²) in [6.45, 7) is 6.22. The van der Waals surface area contributed by atoms with Crippen LogP contribution in [0, 0.1) is 6.92 Å². The van der Waals surface area contributed by atoms with Gasteiger partial charge in [-0.05, 0) is 19.8 Å². The predicted molar refractivity (Wildman–Crippen MR) is 81.1 cm³/mol. The molecule has 0 N–H and O–H groups in total. The first-order chi connectivity index (χ1) is 9.00. The van der Waals surface area contributed by atoms with Gasteiger partial charge in [-0.15, -0.1) is 0 Å². The maximum atomic E-state index is 6.27. The molecule has 0 radical (unpaired) electrons. The topological polar surface area (TPSA) is 29.0 Å². The van der Waals surface area contributed by atoms with Crippen LogP contribution in [0.25, 0.3) is 0 Å². The van der Waals surface area contributed by atoms with Gasteiger partial charge in [-0.3, -0.25) is 0 Å². The van der Waals surface area contributed by atoms with Gasteiger partial charge in [0.15, 0.2) is 0 Å². The zero-order chi connectivity index (χ0) is 14.0. The van der Waals surface area contributed by atoms with Crippen LogP contribution < -0.4 is 4.90 Å². The molecule has 1 aliphatic rings. The van der Waals surface area contributed by atoms with Crippen LogP contribution in [-0.2, 0) is 0 Å². The summed E-state index contributed by atoms with van der Waals surface area (Å²) in [6.07, 6.45) is 6.53. The van der Waals surface area contributed by atoms with Crippen LogP contribution in [0.3, 0.4) is 0 Å². The Labute approximate surface area is 121 Å². The molecule has 1 aromatic rings. The second kappa shape index (κ2) is 6.08. The number of halogens is 1. The van der Waals surface area contributed by atoms with Gasteiger partial charge in [-0.1, -0.05) is 44.7 Å². The van der Waals surface area contributed by atoms with E-state index in [4.69, 9.17) is 16.6 Å². The zero-order valence-corrected chi connectivity index (χ0v) is 13.2. The average molecular weight is 282 g/mol. The molecule has 0 spiro atoms. The molecule has 0 aromatic carbocycles. The Bertz CT molecular complexity index is 439. The lowest BCUT2D eigenvalue weighted by Crippen LogP contribution is -2.34. The number of hydrogen-bond donors (Lipinski definition) is 0. The second-order valence-electron chi connectivity index (χ2n) is 5.88. The van der Waals surface area contributed by atoms with Crippen LogP contribution in [0.4, 0.5) is 5.82 Å². The molecule has 1 fully saturated rings. The van der Waals surface area contributed by atoms with Gasteiger partial charge in [-0.25, -0.2) is 9.97 Å². The van der Waals surface area contributed by atoms with Crippen molar-refractivity contribution in [1.29, 1.82) is 0 Å². The van der Waals surface area contributed by atoms with E-state index in [0.29, 0.717) is 17.1 Å². The highest BCUT2D eigenvalue weighted by Crippen LogP contribution is 2.30. The summed E-state index contributed by atoms with van der Waals surface area (Å²) in [4.78, 5) is 11.4. The van der Waals surface area contributed by atoms with E-state index in [1.165, 1.54) is 32.1 Å². The van der Waals surface area contributed by atoms with Crippen molar-refractivity contribution in [2.75, 3.05) is 11.9 Å². The minimum Gasteiger partial charge on any atom is -0.356 e. The van der Waals surface area contributed by atoms with Crippen LogP contribution in [0.15, 0.2) is 0 Å². The molecule has 106 valence electrons. The second-order valence-corrected chi connectivity index (χ2v) is 6.24. The Balaban J connectivity index is 2.31. The third-order valence-corrected chi connectivity index (χ3v) is 4.42. The standard InChI is InChI=1S/C15H24ClN3/c1-10(2)14-17-13(16)11(3)15(18-14)19(4)12-8-6-5-7-9-12/h10,12H,5-9H2,1-4H3. The molecule has 0 unspecified atom stereocenters. The molecular formula is C15H24ClN3. The minimum absolute atomic E-state index is 0.302. The van der Waals surface area contributed by atoms with Crippen molar-refractivity contribution in [2.24, 2.45) is 0 Å². The van der Waals surface area contributed by atoms with Gasteiger partial charge in [0.05, 0.1) is 0 Å². The number of rotatable bonds is 3. The van der Waals surface area contributed by atoms with Crippen molar-refractivity contribution in [3.63, 3.8) is 0 Å². The van der Waals surface area contributed by atoms with Crippen molar-refractivity contribution in [3.8, 4) is 0 Å². The van der Waals surface area contributed by atoms with E-state index in [9.17, 15) is 0 Å². The normalized spacial score (nSPS) is 16.9. The predicted octanol–water partition coefficient (Wildman–Crippen LogP) is 4.33. The van der Waals surface area contributed by atoms with Gasteiger partial charge in [0, 0.05) is 24.6 Å². The maximum absolute atomic E-state index is 6.27. The lowest BCUT2D eigenvalue weighted by Gasteiger charge is -2.33. The van der Waals surface area contributed by atoms with Gasteiger partial charge in [-0.2, -0.15) is 0 Å². The van der Waals surface area contributed by atoms with E-state index in [-0.39, 0.29) is 0 Å². The Morgan fingerprint density at radius 1 is 1.16 bits per heavy atom. The summed E-state index contributed by atoms with van der Waals surface area (Å²) in [7, 11) is 2.14. The van der Waals surface area contributed by atoms with E-state index >= 15 is 0 Å². The van der Waals surface area contributed by atoms with Crippen LogP contribution in [0.1, 0.15) is 63.3 Å². The Morgan fingerprint density at radius 2 is 1.79 bits per heavy atom. The van der Waals surface area contributed by atoms with Crippen LogP contribution in [0.2, 0.25) is 5.15 Å². The Hall–Kier alpha value is -0.830. The van der Waals surface area contributed by atoms with Crippen molar-refractivity contribution < 1.29 is 0 Å². The van der Waals surface area contributed by atoms with E-state index in [1.54, 1.807) is 0 Å². The highest BCUT2D eigenvalue weighted by Gasteiger charge is 2.22. The summed E-state index contributed by atoms with van der Waals surface area (Å²) >= 11 is 6.27. The van der Waals surface area contributed by atoms with E-state index < -0.39 is 0 Å². The monoisotopic (exact) mass is 281 g/mol. The first kappa shape index (κ1) is 14.6. The van der Waals surface area contributed by atoms with E-state index in [2.05, 4.69) is 30.8 Å². The number of anilines is 1. The van der Waals surface area contributed by atoms with Crippen LogP contribution in [0.5, 0.6) is 0 Å². The van der Waals surface area contributed by atoms with Gasteiger partial charge < -0.3 is 4.90 Å². The summed E-state index contributed by atoms with van der Waals surface area (Å²) in [5.41, 5.74) is 0.999. The highest BCUT2D eigenvalue weighted by molar-refractivity contribution is 6.30. The molecule has 19 heavy (non-hydrogen) atoms. The molecule has 2 rings (SSSR count). The molecule has 0 bridgehead atoms. The summed E-state index contributed by atoms with van der Waals surface area (Å²) in [6, 6.07) is 0.596. The summed E-state index contributed by atoms with van der Waals surface area (Å²) in [5, 5.41) is 0.594. The summed E-state index contributed by atoms with van der Waals surface area (Å²) < 4.78 is 0.